The van der Waals surface area contributed by atoms with E-state index in [1.54, 1.807) is 0 Å². The molecule has 1 aliphatic heterocycles. The van der Waals surface area contributed by atoms with Crippen LogP contribution in [0.3, 0.4) is 0 Å². The van der Waals surface area contributed by atoms with Gasteiger partial charge in [-0.05, 0) is 47.7 Å². The second-order valence-electron chi connectivity index (χ2n) is 8.33. The molecule has 3 aromatic rings. The minimum atomic E-state index is -0.0511. The first kappa shape index (κ1) is 22.6. The molecule has 2 amide bonds. The first-order valence-corrected chi connectivity index (χ1v) is 12.1. The van der Waals surface area contributed by atoms with Gasteiger partial charge in [-0.1, -0.05) is 49.7 Å². The average Bonchev–Trinajstić information content (AvgIpc) is 3.10. The normalized spacial score (nSPS) is 14.5. The van der Waals surface area contributed by atoms with Crippen LogP contribution in [0.15, 0.2) is 48.5 Å². The smallest absolute Gasteiger partial charge is 0.321 e. The summed E-state index contributed by atoms with van der Waals surface area (Å²) in [5, 5.41) is 4.67. The topological polar surface area (TPSA) is 61.4 Å². The number of carbonyl (C=O) groups is 1. The van der Waals surface area contributed by atoms with Crippen molar-refractivity contribution >= 4 is 40.0 Å². The van der Waals surface area contributed by atoms with Gasteiger partial charge in [0.1, 0.15) is 5.82 Å². The fourth-order valence-electron chi connectivity index (χ4n) is 3.70. The highest BCUT2D eigenvalue weighted by Gasteiger charge is 2.21. The quantitative estimate of drug-likeness (QED) is 0.524. The molecule has 6 nitrogen and oxygen atoms in total. The minimum absolute atomic E-state index is 0.0511. The lowest BCUT2D eigenvalue weighted by Crippen LogP contribution is -2.38. The highest BCUT2D eigenvalue weighted by Crippen LogP contribution is 2.22. The number of amides is 2. The summed E-state index contributed by atoms with van der Waals surface area (Å²) in [4.78, 5) is 21.6. The van der Waals surface area contributed by atoms with Gasteiger partial charge in [-0.2, -0.15) is 4.37 Å². The van der Waals surface area contributed by atoms with Crippen molar-refractivity contribution in [3.05, 3.63) is 70.5 Å². The van der Waals surface area contributed by atoms with E-state index in [9.17, 15) is 4.79 Å². The maximum Gasteiger partial charge on any atom is 0.321 e. The van der Waals surface area contributed by atoms with E-state index in [0.717, 1.165) is 53.3 Å². The molecule has 32 heavy (non-hydrogen) atoms. The Kier molecular flexibility index (Phi) is 7.27. The van der Waals surface area contributed by atoms with Gasteiger partial charge in [-0.15, -0.1) is 0 Å². The first-order valence-electron chi connectivity index (χ1n) is 11.0. The maximum absolute atomic E-state index is 12.8. The van der Waals surface area contributed by atoms with Crippen molar-refractivity contribution in [3.8, 4) is 0 Å². The van der Waals surface area contributed by atoms with Gasteiger partial charge in [-0.25, -0.2) is 9.78 Å². The number of anilines is 2. The Labute approximate surface area is 198 Å². The summed E-state index contributed by atoms with van der Waals surface area (Å²) < 4.78 is 4.53. The van der Waals surface area contributed by atoms with Gasteiger partial charge in [0.2, 0.25) is 5.13 Å². The number of nitrogens with zero attached hydrogens (tertiary/aromatic N) is 4. The van der Waals surface area contributed by atoms with E-state index in [2.05, 4.69) is 40.6 Å². The van der Waals surface area contributed by atoms with Crippen molar-refractivity contribution in [2.75, 3.05) is 36.4 Å². The SMILES string of the molecule is CC(C)c1ccc(NC(=O)N2CCCN(c3nc(Cc4ccc(Cl)cc4)ns3)CC2)cc1. The van der Waals surface area contributed by atoms with Crippen LogP contribution in [0.5, 0.6) is 0 Å². The molecular formula is C24H28ClN5OS. The van der Waals surface area contributed by atoms with Crippen LogP contribution in [-0.2, 0) is 6.42 Å². The summed E-state index contributed by atoms with van der Waals surface area (Å²) in [6.07, 6.45) is 1.58. The minimum Gasteiger partial charge on any atom is -0.345 e. The first-order chi connectivity index (χ1) is 15.5. The summed E-state index contributed by atoms with van der Waals surface area (Å²) in [5.74, 6) is 1.29. The van der Waals surface area contributed by atoms with E-state index in [0.29, 0.717) is 18.9 Å². The molecule has 0 saturated carbocycles. The van der Waals surface area contributed by atoms with Crippen molar-refractivity contribution in [2.45, 2.75) is 32.6 Å². The van der Waals surface area contributed by atoms with E-state index < -0.39 is 0 Å². The molecule has 1 fully saturated rings. The molecule has 2 heterocycles. The third-order valence-electron chi connectivity index (χ3n) is 5.62. The second kappa shape index (κ2) is 10.3. The van der Waals surface area contributed by atoms with Crippen LogP contribution in [-0.4, -0.2) is 46.5 Å². The van der Waals surface area contributed by atoms with Crippen LogP contribution in [0.4, 0.5) is 15.6 Å². The van der Waals surface area contributed by atoms with Gasteiger partial charge in [0.25, 0.3) is 0 Å². The highest BCUT2D eigenvalue weighted by atomic mass is 35.5. The van der Waals surface area contributed by atoms with Gasteiger partial charge in [0.15, 0.2) is 0 Å². The monoisotopic (exact) mass is 469 g/mol. The predicted molar refractivity (Wildman–Crippen MR) is 132 cm³/mol. The van der Waals surface area contributed by atoms with Crippen LogP contribution in [0, 0.1) is 0 Å². The van der Waals surface area contributed by atoms with Crippen LogP contribution in [0.2, 0.25) is 5.02 Å². The molecule has 0 radical (unpaired) electrons. The number of benzene rings is 2. The lowest BCUT2D eigenvalue weighted by atomic mass is 10.0. The largest absolute Gasteiger partial charge is 0.345 e. The number of halogens is 1. The standard InChI is InChI=1S/C24H28ClN5OS/c1-17(2)19-6-10-21(11-7-19)26-23(31)29-12-3-13-30(15-14-29)24-27-22(28-32-24)16-18-4-8-20(25)9-5-18/h4-11,17H,3,12-16H2,1-2H3,(H,26,31). The van der Waals surface area contributed by atoms with E-state index in [-0.39, 0.29) is 6.03 Å². The van der Waals surface area contributed by atoms with Gasteiger partial charge in [0.05, 0.1) is 0 Å². The summed E-state index contributed by atoms with van der Waals surface area (Å²) in [6.45, 7) is 7.31. The summed E-state index contributed by atoms with van der Waals surface area (Å²) in [6, 6.07) is 15.8. The second-order valence-corrected chi connectivity index (χ2v) is 9.50. The molecule has 0 spiro atoms. The number of carbonyl (C=O) groups excluding carboxylic acids is 1. The number of urea groups is 1. The lowest BCUT2D eigenvalue weighted by Gasteiger charge is -2.22. The number of hydrogen-bond donors (Lipinski definition) is 1. The molecule has 8 heteroatoms. The zero-order valence-corrected chi connectivity index (χ0v) is 20.0. The van der Waals surface area contributed by atoms with E-state index in [1.165, 1.54) is 17.1 Å². The summed E-state index contributed by atoms with van der Waals surface area (Å²) in [7, 11) is 0. The summed E-state index contributed by atoms with van der Waals surface area (Å²) >= 11 is 7.39. The molecule has 0 bridgehead atoms. The Balaban J connectivity index is 1.32. The highest BCUT2D eigenvalue weighted by molar-refractivity contribution is 7.09. The summed E-state index contributed by atoms with van der Waals surface area (Å²) in [5.41, 5.74) is 3.23. The third-order valence-corrected chi connectivity index (χ3v) is 6.68. The Bertz CT molecular complexity index is 1040. The average molecular weight is 470 g/mol. The van der Waals surface area contributed by atoms with Crippen LogP contribution in [0.1, 0.15) is 43.1 Å². The number of rotatable bonds is 5. The van der Waals surface area contributed by atoms with Gasteiger partial charge in [-0.3, -0.25) is 0 Å². The fourth-order valence-corrected chi connectivity index (χ4v) is 4.56. The molecule has 168 valence electrons. The van der Waals surface area contributed by atoms with E-state index >= 15 is 0 Å². The Morgan fingerprint density at radius 2 is 1.81 bits per heavy atom. The molecule has 0 unspecified atom stereocenters. The van der Waals surface area contributed by atoms with Crippen molar-refractivity contribution in [3.63, 3.8) is 0 Å². The molecule has 4 rings (SSSR count). The molecule has 1 aliphatic rings. The van der Waals surface area contributed by atoms with E-state index in [4.69, 9.17) is 16.6 Å². The zero-order valence-electron chi connectivity index (χ0n) is 18.4. The molecule has 0 aliphatic carbocycles. The van der Waals surface area contributed by atoms with Crippen molar-refractivity contribution < 1.29 is 4.79 Å². The molecule has 1 saturated heterocycles. The van der Waals surface area contributed by atoms with Crippen molar-refractivity contribution in [1.29, 1.82) is 0 Å². The fraction of sp³-hybridized carbons (Fsp3) is 0.375. The van der Waals surface area contributed by atoms with Crippen LogP contribution >= 0.6 is 23.1 Å². The van der Waals surface area contributed by atoms with Gasteiger partial charge in [0, 0.05) is 54.8 Å². The maximum atomic E-state index is 12.8. The van der Waals surface area contributed by atoms with Crippen molar-refractivity contribution in [1.82, 2.24) is 14.3 Å². The Morgan fingerprint density at radius 3 is 2.53 bits per heavy atom. The van der Waals surface area contributed by atoms with Gasteiger partial charge < -0.3 is 15.1 Å². The molecular weight excluding hydrogens is 442 g/mol. The third kappa shape index (κ3) is 5.78. The van der Waals surface area contributed by atoms with E-state index in [1.807, 2.05) is 41.3 Å². The molecule has 1 aromatic heterocycles. The number of hydrogen-bond acceptors (Lipinski definition) is 5. The molecule has 1 N–H and O–H groups in total. The molecule has 0 atom stereocenters. The van der Waals surface area contributed by atoms with Crippen LogP contribution in [0.25, 0.3) is 0 Å². The predicted octanol–water partition coefficient (Wildman–Crippen LogP) is 5.65. The van der Waals surface area contributed by atoms with Crippen LogP contribution < -0.4 is 10.2 Å². The number of nitrogens with one attached hydrogen (secondary N) is 1. The molecule has 2 aromatic carbocycles. The lowest BCUT2D eigenvalue weighted by molar-refractivity contribution is 0.215. The Hall–Kier alpha value is -2.64. The zero-order chi connectivity index (χ0) is 22.5. The number of aromatic nitrogens is 2. The van der Waals surface area contributed by atoms with Gasteiger partial charge >= 0.3 is 6.03 Å². The Morgan fingerprint density at radius 1 is 1.06 bits per heavy atom. The van der Waals surface area contributed by atoms with Crippen molar-refractivity contribution in [2.24, 2.45) is 0 Å².